The van der Waals surface area contributed by atoms with Crippen LogP contribution in [0.3, 0.4) is 0 Å². The second kappa shape index (κ2) is 6.65. The van der Waals surface area contributed by atoms with E-state index in [1.807, 2.05) is 50.2 Å². The number of fused-ring (bicyclic) bond motifs is 1. The van der Waals surface area contributed by atoms with Crippen LogP contribution in [0.25, 0.3) is 0 Å². The molecule has 2 aromatic carbocycles. The van der Waals surface area contributed by atoms with Gasteiger partial charge >= 0.3 is 0 Å². The van der Waals surface area contributed by atoms with Crippen molar-refractivity contribution in [1.29, 1.82) is 0 Å². The molecule has 0 amide bonds. The fraction of sp³-hybridized carbons (Fsp3) is 0.368. The van der Waals surface area contributed by atoms with Crippen molar-refractivity contribution >= 4 is 37.1 Å². The number of benzene rings is 2. The van der Waals surface area contributed by atoms with Crippen LogP contribution < -0.4 is 9.64 Å². The molecule has 6 heteroatoms. The molecule has 2 aromatic rings. The Kier molecular flexibility index (Phi) is 4.86. The van der Waals surface area contributed by atoms with Gasteiger partial charge in [0, 0.05) is 18.3 Å². The molecule has 1 unspecified atom stereocenters. The summed E-state index contributed by atoms with van der Waals surface area (Å²) in [5.41, 5.74) is 1.33. The Morgan fingerprint density at radius 1 is 1.24 bits per heavy atom. The largest absolute Gasteiger partial charge is 0.496 e. The predicted octanol–water partition coefficient (Wildman–Crippen LogP) is 4.80. The number of hydrogen-bond donors (Lipinski definition) is 0. The zero-order valence-electron chi connectivity index (χ0n) is 14.6. The molecule has 25 heavy (non-hydrogen) atoms. The molecule has 134 valence electrons. The van der Waals surface area contributed by atoms with Gasteiger partial charge in [0.15, 0.2) is 9.84 Å². The van der Waals surface area contributed by atoms with Crippen LogP contribution in [-0.2, 0) is 9.84 Å². The summed E-state index contributed by atoms with van der Waals surface area (Å²) in [5, 5.41) is 0. The van der Waals surface area contributed by atoms with Gasteiger partial charge in [-0.05, 0) is 46.0 Å². The number of ether oxygens (including phenoxy) is 1. The molecular weight excluding hydrogens is 402 g/mol. The van der Waals surface area contributed by atoms with Crippen molar-refractivity contribution in [1.82, 2.24) is 0 Å². The van der Waals surface area contributed by atoms with Crippen LogP contribution >= 0.6 is 15.9 Å². The first-order valence-corrected chi connectivity index (χ1v) is 10.7. The molecule has 3 rings (SSSR count). The third kappa shape index (κ3) is 3.42. The smallest absolute Gasteiger partial charge is 0.181 e. The van der Waals surface area contributed by atoms with E-state index in [1.54, 1.807) is 13.2 Å². The van der Waals surface area contributed by atoms with Crippen molar-refractivity contribution in [3.05, 3.63) is 46.9 Å². The number of rotatable bonds is 3. The molecule has 0 saturated heterocycles. The Bertz CT molecular complexity index is 883. The van der Waals surface area contributed by atoms with Crippen LogP contribution in [0.5, 0.6) is 5.75 Å². The van der Waals surface area contributed by atoms with Gasteiger partial charge in [0.25, 0.3) is 0 Å². The van der Waals surface area contributed by atoms with Crippen LogP contribution in [0.15, 0.2) is 51.8 Å². The predicted molar refractivity (Wildman–Crippen MR) is 105 cm³/mol. The summed E-state index contributed by atoms with van der Waals surface area (Å²) < 4.78 is 32.3. The quantitative estimate of drug-likeness (QED) is 0.710. The molecule has 1 aliphatic rings. The SMILES string of the molecule is CCC1(C)CN(c2ccccc2)c2cc(Br)c(OC)cc2S(=O)(=O)C1. The van der Waals surface area contributed by atoms with Gasteiger partial charge in [-0.1, -0.05) is 32.0 Å². The van der Waals surface area contributed by atoms with Gasteiger partial charge < -0.3 is 9.64 Å². The lowest BCUT2D eigenvalue weighted by Crippen LogP contribution is -2.35. The molecule has 0 radical (unpaired) electrons. The summed E-state index contributed by atoms with van der Waals surface area (Å²) >= 11 is 3.50. The van der Waals surface area contributed by atoms with Gasteiger partial charge in [0.1, 0.15) is 5.75 Å². The monoisotopic (exact) mass is 423 g/mol. The van der Waals surface area contributed by atoms with Crippen molar-refractivity contribution in [2.75, 3.05) is 24.3 Å². The molecule has 1 atom stereocenters. The Hall–Kier alpha value is -1.53. The Labute approximate surface area is 157 Å². The summed E-state index contributed by atoms with van der Waals surface area (Å²) in [6, 6.07) is 13.4. The molecular formula is C19H22BrNO3S. The van der Waals surface area contributed by atoms with Gasteiger partial charge in [0.2, 0.25) is 0 Å². The summed E-state index contributed by atoms with van der Waals surface area (Å²) in [7, 11) is -1.89. The highest BCUT2D eigenvalue weighted by Crippen LogP contribution is 2.44. The molecule has 0 bridgehead atoms. The van der Waals surface area contributed by atoms with E-state index in [0.717, 1.165) is 16.6 Å². The van der Waals surface area contributed by atoms with E-state index in [0.29, 0.717) is 22.9 Å². The normalized spacial score (nSPS) is 22.2. The first-order chi connectivity index (χ1) is 11.8. The van der Waals surface area contributed by atoms with Crippen molar-refractivity contribution in [2.24, 2.45) is 5.41 Å². The van der Waals surface area contributed by atoms with E-state index in [4.69, 9.17) is 4.74 Å². The highest BCUT2D eigenvalue weighted by atomic mass is 79.9. The van der Waals surface area contributed by atoms with Crippen molar-refractivity contribution in [3.8, 4) is 5.75 Å². The fourth-order valence-corrected chi connectivity index (χ4v) is 5.88. The standard InChI is InChI=1S/C19H22BrNO3S/c1-4-19(2)12-21(14-8-6-5-7-9-14)16-10-15(20)17(24-3)11-18(16)25(22,23)13-19/h5-11H,4,12-13H2,1-3H3. The van der Waals surface area contributed by atoms with E-state index in [2.05, 4.69) is 20.8 Å². The average molecular weight is 424 g/mol. The number of hydrogen-bond acceptors (Lipinski definition) is 4. The maximum atomic E-state index is 13.1. The van der Waals surface area contributed by atoms with Gasteiger partial charge in [-0.2, -0.15) is 0 Å². The Morgan fingerprint density at radius 3 is 2.52 bits per heavy atom. The summed E-state index contributed by atoms with van der Waals surface area (Å²) in [4.78, 5) is 2.43. The highest BCUT2D eigenvalue weighted by Gasteiger charge is 2.39. The van der Waals surface area contributed by atoms with E-state index in [9.17, 15) is 8.42 Å². The van der Waals surface area contributed by atoms with Gasteiger partial charge in [0.05, 0.1) is 27.9 Å². The molecule has 0 saturated carbocycles. The molecule has 4 nitrogen and oxygen atoms in total. The Morgan fingerprint density at radius 2 is 1.92 bits per heavy atom. The maximum absolute atomic E-state index is 13.1. The molecule has 0 aromatic heterocycles. The van der Waals surface area contributed by atoms with Crippen LogP contribution in [0.2, 0.25) is 0 Å². The topological polar surface area (TPSA) is 46.6 Å². The lowest BCUT2D eigenvalue weighted by Gasteiger charge is -2.33. The van der Waals surface area contributed by atoms with Crippen LogP contribution in [-0.4, -0.2) is 27.8 Å². The molecule has 0 aliphatic carbocycles. The van der Waals surface area contributed by atoms with Crippen molar-refractivity contribution in [2.45, 2.75) is 25.2 Å². The summed E-state index contributed by atoms with van der Waals surface area (Å²) in [6.45, 7) is 4.72. The first kappa shape index (κ1) is 18.3. The highest BCUT2D eigenvalue weighted by molar-refractivity contribution is 9.10. The van der Waals surface area contributed by atoms with Gasteiger partial charge in [-0.3, -0.25) is 0 Å². The van der Waals surface area contributed by atoms with E-state index in [-0.39, 0.29) is 11.2 Å². The van der Waals surface area contributed by atoms with E-state index >= 15 is 0 Å². The average Bonchev–Trinajstić information content (AvgIpc) is 2.67. The molecule has 1 heterocycles. The lowest BCUT2D eigenvalue weighted by molar-refractivity contribution is 0.366. The number of halogens is 1. The minimum Gasteiger partial charge on any atom is -0.496 e. The second-order valence-electron chi connectivity index (χ2n) is 6.80. The molecule has 0 N–H and O–H groups in total. The van der Waals surface area contributed by atoms with Crippen molar-refractivity contribution in [3.63, 3.8) is 0 Å². The van der Waals surface area contributed by atoms with E-state index < -0.39 is 9.84 Å². The minimum absolute atomic E-state index is 0.123. The number of para-hydroxylation sites is 1. The molecule has 1 aliphatic heterocycles. The third-order valence-electron chi connectivity index (χ3n) is 4.86. The van der Waals surface area contributed by atoms with Crippen LogP contribution in [0.1, 0.15) is 20.3 Å². The summed E-state index contributed by atoms with van der Waals surface area (Å²) in [5.74, 6) is 0.646. The van der Waals surface area contributed by atoms with E-state index in [1.165, 1.54) is 0 Å². The van der Waals surface area contributed by atoms with Crippen LogP contribution in [0.4, 0.5) is 11.4 Å². The summed E-state index contributed by atoms with van der Waals surface area (Å²) in [6.07, 6.45) is 0.780. The lowest BCUT2D eigenvalue weighted by atomic mass is 9.89. The minimum atomic E-state index is -3.43. The fourth-order valence-electron chi connectivity index (χ4n) is 3.24. The van der Waals surface area contributed by atoms with Crippen LogP contribution in [0, 0.1) is 5.41 Å². The second-order valence-corrected chi connectivity index (χ2v) is 9.61. The van der Waals surface area contributed by atoms with Gasteiger partial charge in [-0.15, -0.1) is 0 Å². The number of anilines is 2. The van der Waals surface area contributed by atoms with Crippen molar-refractivity contribution < 1.29 is 13.2 Å². The number of sulfone groups is 1. The zero-order chi connectivity index (χ0) is 18.2. The molecule has 0 spiro atoms. The zero-order valence-corrected chi connectivity index (χ0v) is 17.0. The van der Waals surface area contributed by atoms with Gasteiger partial charge in [-0.25, -0.2) is 8.42 Å². The molecule has 0 fully saturated rings. The number of methoxy groups -OCH3 is 1. The first-order valence-electron chi connectivity index (χ1n) is 8.22. The maximum Gasteiger partial charge on any atom is 0.181 e. The third-order valence-corrected chi connectivity index (χ3v) is 7.55. The Balaban J connectivity index is 2.30. The number of nitrogens with zero attached hydrogens (tertiary/aromatic N) is 1.